The number of fused-ring (bicyclic) bond motifs is 6. The summed E-state index contributed by atoms with van der Waals surface area (Å²) in [6, 6.07) is 0. The molecule has 0 N–H and O–H groups in total. The predicted molar refractivity (Wildman–Crippen MR) is 373 cm³/mol. The van der Waals surface area contributed by atoms with E-state index in [1.165, 1.54) is 40.0 Å². The van der Waals surface area contributed by atoms with Gasteiger partial charge >= 0.3 is 90.8 Å². The first-order valence-electron chi connectivity index (χ1n) is 39.9. The fourth-order valence-electron chi connectivity index (χ4n) is 16.6. The summed E-state index contributed by atoms with van der Waals surface area (Å²) in [5, 5.41) is 0. The van der Waals surface area contributed by atoms with Crippen molar-refractivity contribution in [2.75, 3.05) is 6.61 Å². The van der Waals surface area contributed by atoms with Crippen LogP contribution in [0.25, 0.3) is 0 Å². The van der Waals surface area contributed by atoms with Crippen molar-refractivity contribution < 1.29 is 193 Å². The van der Waals surface area contributed by atoms with Crippen LogP contribution in [0.5, 0.6) is 0 Å². The Morgan fingerprint density at radius 2 is 0.942 bits per heavy atom. The molecule has 4 bridgehead atoms. The SMILES string of the molecule is CCC(C)(C(=O)OC12CC3CC(C)(CC(C)(C3)C1)C2)C(F)(F)F.CCC(C)(C)C(=O)OC1C(=O)OC2C3OC(C)(C(CC(=O)OC(C(F)(F)F)C(F)(F)F)C(=O)OC(C)C(F)(F)F)OC3OC12.CCC(C)(C)C(=O)OC1C(=O)OC2C3OC4(CCC(C(=O)OC(C(F)(F)F)C(F)(F)F)CC4)OC3OC12.CCCCC(CC)COC(=O)C(C)(C)CC. The maximum Gasteiger partial charge on any atom is 0.434 e. The minimum absolute atomic E-state index is 0.0510. The summed E-state index contributed by atoms with van der Waals surface area (Å²) in [5.74, 6) is -17.0. The summed E-state index contributed by atoms with van der Waals surface area (Å²) in [6.45, 7) is 28.7. The molecule has 120 heavy (non-hydrogen) atoms. The molecule has 0 amide bonds. The molecule has 6 heterocycles. The van der Waals surface area contributed by atoms with Crippen LogP contribution in [0.3, 0.4) is 0 Å². The van der Waals surface area contributed by atoms with Crippen LogP contribution >= 0.6 is 0 Å². The summed E-state index contributed by atoms with van der Waals surface area (Å²) in [6.07, 6.45) is -48.7. The second kappa shape index (κ2) is 36.4. The molecule has 0 radical (unpaired) electrons. The maximum absolute atomic E-state index is 13.4. The number of halogens is 18. The third kappa shape index (κ3) is 23.1. The highest BCUT2D eigenvalue weighted by molar-refractivity contribution is 5.85. The van der Waals surface area contributed by atoms with Crippen LogP contribution in [-0.4, -0.2) is 194 Å². The smallest absolute Gasteiger partial charge is 0.434 e. The second-order valence-electron chi connectivity index (χ2n) is 35.8. The van der Waals surface area contributed by atoms with Gasteiger partial charge in [-0.05, 0) is 168 Å². The van der Waals surface area contributed by atoms with E-state index in [4.69, 9.17) is 56.8 Å². The number of hydrogen-bond acceptors (Lipinski definition) is 24. The summed E-state index contributed by atoms with van der Waals surface area (Å²) in [7, 11) is 0. The van der Waals surface area contributed by atoms with Crippen molar-refractivity contribution in [1.82, 2.24) is 0 Å². The number of esters is 9. The highest BCUT2D eigenvalue weighted by atomic mass is 19.4. The van der Waals surface area contributed by atoms with Crippen LogP contribution in [0, 0.1) is 56.2 Å². The van der Waals surface area contributed by atoms with Gasteiger partial charge < -0.3 is 71.1 Å². The fourth-order valence-corrected chi connectivity index (χ4v) is 16.6. The highest BCUT2D eigenvalue weighted by Crippen LogP contribution is 2.68. The first-order valence-corrected chi connectivity index (χ1v) is 39.9. The van der Waals surface area contributed by atoms with Crippen molar-refractivity contribution in [3.63, 3.8) is 0 Å². The molecule has 5 saturated carbocycles. The molecule has 17 atom stereocenters. The Morgan fingerprint density at radius 3 is 1.35 bits per heavy atom. The minimum Gasteiger partial charge on any atom is -0.465 e. The van der Waals surface area contributed by atoms with Crippen molar-refractivity contribution in [2.45, 2.75) is 374 Å². The Morgan fingerprint density at radius 1 is 0.500 bits per heavy atom. The van der Waals surface area contributed by atoms with Gasteiger partial charge in [-0.25, -0.2) is 9.59 Å². The van der Waals surface area contributed by atoms with Crippen LogP contribution in [0.4, 0.5) is 79.0 Å². The molecule has 24 nitrogen and oxygen atoms in total. The fraction of sp³-hybridized carbons (Fsp3) is 0.885. The number of carbonyl (C=O) groups is 9. The number of unbranched alkanes of at least 4 members (excludes halogenated alkanes) is 1. The van der Waals surface area contributed by atoms with E-state index >= 15 is 0 Å². The quantitative estimate of drug-likeness (QED) is 0.0466. The van der Waals surface area contributed by atoms with Gasteiger partial charge in [-0.2, -0.15) is 79.0 Å². The van der Waals surface area contributed by atoms with Gasteiger partial charge in [-0.15, -0.1) is 0 Å². The molecule has 6 aliphatic heterocycles. The number of carbonyl (C=O) groups excluding carboxylic acids is 9. The Kier molecular flexibility index (Phi) is 30.5. The minimum atomic E-state index is -6.14. The number of alkyl halides is 18. The molecule has 42 heteroatoms. The van der Waals surface area contributed by atoms with Gasteiger partial charge in [-0.3, -0.25) is 33.6 Å². The zero-order valence-electron chi connectivity index (χ0n) is 69.6. The van der Waals surface area contributed by atoms with E-state index in [9.17, 15) is 122 Å². The van der Waals surface area contributed by atoms with Crippen LogP contribution in [-0.2, 0) is 114 Å². The van der Waals surface area contributed by atoms with E-state index in [0.29, 0.717) is 38.2 Å². The normalized spacial score (nSPS) is 32.6. The lowest BCUT2D eigenvalue weighted by Crippen LogP contribution is -2.61. The van der Waals surface area contributed by atoms with Crippen molar-refractivity contribution >= 4 is 53.7 Å². The summed E-state index contributed by atoms with van der Waals surface area (Å²) >= 11 is 0. The Balaban J connectivity index is 0.000000235. The van der Waals surface area contributed by atoms with E-state index < -0.39 is 216 Å². The van der Waals surface area contributed by atoms with E-state index in [2.05, 4.69) is 41.9 Å². The number of ether oxygens (including phenoxy) is 15. The van der Waals surface area contributed by atoms with Gasteiger partial charge in [0.05, 0.1) is 35.2 Å². The Labute approximate surface area is 681 Å². The lowest BCUT2D eigenvalue weighted by molar-refractivity contribution is -0.315. The van der Waals surface area contributed by atoms with Gasteiger partial charge in [0.25, 0.3) is 12.2 Å². The van der Waals surface area contributed by atoms with Crippen LogP contribution in [0.1, 0.15) is 240 Å². The molecule has 0 aromatic carbocycles. The monoisotopic (exact) mass is 1770 g/mol. The largest absolute Gasteiger partial charge is 0.465 e. The zero-order chi connectivity index (χ0) is 91.3. The topological polar surface area (TPSA) is 292 Å². The molecule has 11 rings (SSSR count). The van der Waals surface area contributed by atoms with E-state index in [-0.39, 0.29) is 54.3 Å². The average molecular weight is 1770 g/mol. The van der Waals surface area contributed by atoms with Crippen molar-refractivity contribution in [1.29, 1.82) is 0 Å². The van der Waals surface area contributed by atoms with Gasteiger partial charge in [0, 0.05) is 12.8 Å². The van der Waals surface area contributed by atoms with Gasteiger partial charge in [-0.1, -0.05) is 74.7 Å². The molecule has 0 aromatic rings. The van der Waals surface area contributed by atoms with Gasteiger partial charge in [0.1, 0.15) is 23.7 Å². The molecule has 0 aromatic heterocycles. The molecular formula is C78H108F18O24. The van der Waals surface area contributed by atoms with E-state index in [0.717, 1.165) is 65.2 Å². The number of hydrogen-bond donors (Lipinski definition) is 0. The molecule has 11 fully saturated rings. The molecular weight excluding hydrogens is 1660 g/mol. The zero-order valence-corrected chi connectivity index (χ0v) is 69.6. The first-order chi connectivity index (χ1) is 54.6. The third-order valence-corrected chi connectivity index (χ3v) is 24.6. The first kappa shape index (κ1) is 101. The lowest BCUT2D eigenvalue weighted by atomic mass is 9.43. The lowest BCUT2D eigenvalue weighted by Gasteiger charge is -2.64. The Hall–Kier alpha value is -6.27. The van der Waals surface area contributed by atoms with E-state index in [1.807, 2.05) is 20.8 Å². The van der Waals surface area contributed by atoms with Crippen molar-refractivity contribution in [2.24, 2.45) is 56.2 Å². The molecule has 690 valence electrons. The van der Waals surface area contributed by atoms with Crippen molar-refractivity contribution in [3.8, 4) is 0 Å². The molecule has 1 spiro atoms. The van der Waals surface area contributed by atoms with E-state index in [1.54, 1.807) is 27.7 Å². The van der Waals surface area contributed by atoms with Crippen molar-refractivity contribution in [3.05, 3.63) is 0 Å². The van der Waals surface area contributed by atoms with Gasteiger partial charge in [0.2, 0.25) is 12.2 Å². The third-order valence-electron chi connectivity index (χ3n) is 24.6. The molecule has 11 aliphatic rings. The molecule has 5 aliphatic carbocycles. The maximum atomic E-state index is 13.4. The highest BCUT2D eigenvalue weighted by Gasteiger charge is 2.71. The van der Waals surface area contributed by atoms with Gasteiger partial charge in [0.15, 0.2) is 60.1 Å². The summed E-state index contributed by atoms with van der Waals surface area (Å²) < 4.78 is 311. The van der Waals surface area contributed by atoms with Crippen LogP contribution in [0.2, 0.25) is 0 Å². The molecule has 6 saturated heterocycles. The summed E-state index contributed by atoms with van der Waals surface area (Å²) in [4.78, 5) is 111. The van der Waals surface area contributed by atoms with Crippen LogP contribution < -0.4 is 0 Å². The second-order valence-corrected chi connectivity index (χ2v) is 35.8. The molecule has 17 unspecified atom stereocenters. The summed E-state index contributed by atoms with van der Waals surface area (Å²) in [5.41, 5.74) is -5.07. The standard InChI is InChI=1S/C24H27F9O11.C22H26F6O9.C18H27F3O2.C14H28O2/c1-6-20(3,4)19(37)42-13-11-12(40-16(13)36)14-17(41-11)44-21(5,43-14)9(15(35)38-8(2)22(25,26)27)7-10(34)39-18(23(28,29)30)24(31,32)33;1-4-19(2,3)18(31)34-12-10-11(32-15(12)30)13-16(33-10)37-20(36-13)7-5-9(6-8-20)14(29)35-17(21(23,24)25)22(26,27)28;1-5-16(4,18(19,20)21)13(22)23-17-8-12-6-14(2,10-17)9-15(3,7-12)11-17;1-6-9-10-12(7-2)11-16-13(15)14(4,5)8-3/h8-9,11-14,17-18H,6-7H2,1-5H3;9-13,16-17H,4-8H2,1-3H3;12H,5-11H2,1-4H3;12H,6-11H2,1-5H3. The Bertz CT molecular complexity index is 3600. The van der Waals surface area contributed by atoms with Crippen LogP contribution in [0.15, 0.2) is 0 Å². The predicted octanol–water partition coefficient (Wildman–Crippen LogP) is 16.4. The average Bonchev–Trinajstić information content (AvgIpc) is 1.28. The number of rotatable bonds is 25.